The summed E-state index contributed by atoms with van der Waals surface area (Å²) in [5, 5.41) is 0. The lowest BCUT2D eigenvalue weighted by Crippen LogP contribution is -2.49. The topological polar surface area (TPSA) is 43.4 Å². The first-order valence-electron chi connectivity index (χ1n) is 9.59. The number of esters is 1. The molecule has 2 fully saturated rings. The van der Waals surface area contributed by atoms with Gasteiger partial charge in [-0.25, -0.2) is 0 Å². The van der Waals surface area contributed by atoms with Crippen LogP contribution in [0.4, 0.5) is 0 Å². The van der Waals surface area contributed by atoms with Crippen molar-refractivity contribution in [2.24, 2.45) is 47.3 Å². The molecule has 3 nitrogen and oxygen atoms in total. The van der Waals surface area contributed by atoms with E-state index in [1.54, 1.807) is 0 Å². The fourth-order valence-electron chi connectivity index (χ4n) is 6.20. The van der Waals surface area contributed by atoms with Gasteiger partial charge in [-0.2, -0.15) is 0 Å². The first-order chi connectivity index (χ1) is 11.6. The molecule has 0 N–H and O–H groups in total. The molecule has 130 valence electrons. The monoisotopic (exact) mass is 328 g/mol. The molecular formula is C21H28O3. The van der Waals surface area contributed by atoms with Crippen LogP contribution in [0.2, 0.25) is 0 Å². The molecule has 24 heavy (non-hydrogen) atoms. The molecule has 4 rings (SSSR count). The van der Waals surface area contributed by atoms with E-state index >= 15 is 0 Å². The number of allylic oxidation sites excluding steroid dienone is 4. The highest BCUT2D eigenvalue weighted by Gasteiger charge is 2.51. The molecule has 0 spiro atoms. The van der Waals surface area contributed by atoms with Crippen LogP contribution in [0.3, 0.4) is 0 Å². The van der Waals surface area contributed by atoms with Gasteiger partial charge >= 0.3 is 5.97 Å². The fourth-order valence-corrected chi connectivity index (χ4v) is 6.20. The summed E-state index contributed by atoms with van der Waals surface area (Å²) < 4.78 is 5.10. The van der Waals surface area contributed by atoms with Gasteiger partial charge in [0.25, 0.3) is 0 Å². The Morgan fingerprint density at radius 3 is 2.54 bits per heavy atom. The van der Waals surface area contributed by atoms with E-state index in [1.807, 2.05) is 0 Å². The Morgan fingerprint density at radius 2 is 1.75 bits per heavy atom. The fraction of sp³-hybridized carbons (Fsp3) is 0.714. The molecule has 8 atom stereocenters. The van der Waals surface area contributed by atoms with Crippen LogP contribution >= 0.6 is 0 Å². The number of rotatable bonds is 1. The van der Waals surface area contributed by atoms with Crippen LogP contribution in [-0.4, -0.2) is 18.9 Å². The van der Waals surface area contributed by atoms with Gasteiger partial charge in [0.2, 0.25) is 0 Å². The van der Waals surface area contributed by atoms with Crippen molar-refractivity contribution in [3.05, 3.63) is 24.3 Å². The summed E-state index contributed by atoms with van der Waals surface area (Å²) in [7, 11) is 1.50. The third-order valence-corrected chi connectivity index (χ3v) is 7.24. The minimum absolute atomic E-state index is 0.0286. The number of Topliss-reactive ketones (excluding diaryl/α,β-unsaturated/α-hetero) is 1. The predicted molar refractivity (Wildman–Crippen MR) is 92.0 cm³/mol. The van der Waals surface area contributed by atoms with Crippen LogP contribution in [0, 0.1) is 47.3 Å². The Labute approximate surface area is 144 Å². The minimum atomic E-state index is -0.0632. The normalized spacial score (nSPS) is 46.7. The molecule has 2 saturated carbocycles. The molecule has 0 amide bonds. The first kappa shape index (κ1) is 16.1. The molecule has 0 radical (unpaired) electrons. The molecule has 0 aliphatic heterocycles. The minimum Gasteiger partial charge on any atom is -0.469 e. The van der Waals surface area contributed by atoms with E-state index in [-0.39, 0.29) is 23.7 Å². The number of ketones is 1. The lowest BCUT2D eigenvalue weighted by Gasteiger charge is -2.51. The lowest BCUT2D eigenvalue weighted by molar-refractivity contribution is -0.152. The van der Waals surface area contributed by atoms with E-state index < -0.39 is 0 Å². The van der Waals surface area contributed by atoms with Gasteiger partial charge in [0.1, 0.15) is 5.78 Å². The van der Waals surface area contributed by atoms with Crippen molar-refractivity contribution in [1.82, 2.24) is 0 Å². The van der Waals surface area contributed by atoms with Crippen molar-refractivity contribution in [3.8, 4) is 0 Å². The van der Waals surface area contributed by atoms with Crippen LogP contribution < -0.4 is 0 Å². The van der Waals surface area contributed by atoms with Gasteiger partial charge in [-0.1, -0.05) is 31.2 Å². The van der Waals surface area contributed by atoms with Crippen LogP contribution in [-0.2, 0) is 14.3 Å². The highest BCUT2D eigenvalue weighted by Crippen LogP contribution is 2.54. The Morgan fingerprint density at radius 1 is 1.04 bits per heavy atom. The van der Waals surface area contributed by atoms with E-state index in [0.717, 1.165) is 25.7 Å². The maximum Gasteiger partial charge on any atom is 0.309 e. The summed E-state index contributed by atoms with van der Waals surface area (Å²) >= 11 is 0. The Balaban J connectivity index is 1.65. The van der Waals surface area contributed by atoms with Crippen molar-refractivity contribution in [2.75, 3.05) is 7.11 Å². The summed E-state index contributed by atoms with van der Waals surface area (Å²) in [5.74, 6) is 2.98. The average molecular weight is 328 g/mol. The zero-order valence-corrected chi connectivity index (χ0v) is 14.7. The van der Waals surface area contributed by atoms with Crippen molar-refractivity contribution >= 4 is 11.8 Å². The Hall–Kier alpha value is -1.38. The predicted octanol–water partition coefficient (Wildman–Crippen LogP) is 3.80. The average Bonchev–Trinajstić information content (AvgIpc) is 2.60. The summed E-state index contributed by atoms with van der Waals surface area (Å²) in [6.07, 6.45) is 14.4. The highest BCUT2D eigenvalue weighted by atomic mass is 16.5. The molecule has 0 bridgehead atoms. The van der Waals surface area contributed by atoms with Crippen LogP contribution in [0.25, 0.3) is 0 Å². The molecule has 0 saturated heterocycles. The number of fused-ring (bicyclic) bond motifs is 5. The van der Waals surface area contributed by atoms with E-state index in [4.69, 9.17) is 4.74 Å². The van der Waals surface area contributed by atoms with Crippen LogP contribution in [0.15, 0.2) is 24.3 Å². The van der Waals surface area contributed by atoms with E-state index in [9.17, 15) is 9.59 Å². The molecule has 3 heteroatoms. The van der Waals surface area contributed by atoms with Crippen LogP contribution in [0.5, 0.6) is 0 Å². The van der Waals surface area contributed by atoms with Gasteiger partial charge in [-0.3, -0.25) is 9.59 Å². The lowest BCUT2D eigenvalue weighted by atomic mass is 9.52. The van der Waals surface area contributed by atoms with E-state index in [2.05, 4.69) is 31.2 Å². The number of hydrogen-bond acceptors (Lipinski definition) is 3. The van der Waals surface area contributed by atoms with Gasteiger partial charge in [0, 0.05) is 12.3 Å². The molecule has 0 heterocycles. The zero-order chi connectivity index (χ0) is 16.8. The molecule has 0 aromatic carbocycles. The second kappa shape index (κ2) is 6.16. The van der Waals surface area contributed by atoms with Gasteiger partial charge in [0.05, 0.1) is 13.0 Å². The van der Waals surface area contributed by atoms with Gasteiger partial charge < -0.3 is 4.74 Å². The summed E-state index contributed by atoms with van der Waals surface area (Å²) in [4.78, 5) is 24.9. The third-order valence-electron chi connectivity index (χ3n) is 7.24. The maximum absolute atomic E-state index is 12.6. The largest absolute Gasteiger partial charge is 0.469 e. The third kappa shape index (κ3) is 2.39. The second-order valence-corrected chi connectivity index (χ2v) is 8.29. The number of carbonyl (C=O) groups excluding carboxylic acids is 2. The maximum atomic E-state index is 12.6. The van der Waals surface area contributed by atoms with Crippen molar-refractivity contribution in [2.45, 2.75) is 39.0 Å². The molecule has 0 unspecified atom stereocenters. The zero-order valence-electron chi connectivity index (χ0n) is 14.7. The molecular weight excluding hydrogens is 300 g/mol. The SMILES string of the molecule is COC(=O)[C@H]1[C@@H]2CC[C@H]3[C@H](C=C[C@H]4CCCC(=O)[C@H]34)[C@H]2C=C[C@H]1C. The summed E-state index contributed by atoms with van der Waals surface area (Å²) in [6, 6.07) is 0. The van der Waals surface area contributed by atoms with E-state index in [1.165, 1.54) is 13.5 Å². The van der Waals surface area contributed by atoms with Gasteiger partial charge in [-0.05, 0) is 61.2 Å². The van der Waals surface area contributed by atoms with Crippen molar-refractivity contribution in [1.29, 1.82) is 0 Å². The Bertz CT molecular complexity index is 590. The van der Waals surface area contributed by atoms with Crippen molar-refractivity contribution < 1.29 is 14.3 Å². The highest BCUT2D eigenvalue weighted by molar-refractivity contribution is 5.83. The number of carbonyl (C=O) groups is 2. The summed E-state index contributed by atoms with van der Waals surface area (Å²) in [5.41, 5.74) is 0. The first-order valence-corrected chi connectivity index (χ1v) is 9.59. The molecule has 0 aromatic heterocycles. The smallest absolute Gasteiger partial charge is 0.309 e. The Kier molecular flexibility index (Phi) is 4.14. The van der Waals surface area contributed by atoms with Gasteiger partial charge in [0.15, 0.2) is 0 Å². The van der Waals surface area contributed by atoms with Crippen molar-refractivity contribution in [3.63, 3.8) is 0 Å². The van der Waals surface area contributed by atoms with E-state index in [0.29, 0.717) is 35.4 Å². The number of methoxy groups -OCH3 is 1. The summed E-state index contributed by atoms with van der Waals surface area (Å²) in [6.45, 7) is 2.12. The quantitative estimate of drug-likeness (QED) is 0.543. The molecule has 4 aliphatic rings. The molecule has 0 aromatic rings. The van der Waals surface area contributed by atoms with Gasteiger partial charge in [-0.15, -0.1) is 0 Å². The van der Waals surface area contributed by atoms with Crippen LogP contribution in [0.1, 0.15) is 39.0 Å². The number of ether oxygens (including phenoxy) is 1. The standard InChI is InChI=1S/C21H28O3/c1-12-6-8-14-15-9-7-13-4-3-5-18(22)20(13)17(15)11-10-16(14)19(12)21(23)24-2/h6-9,12-17,19-20H,3-5,10-11H2,1-2H3/t12-,13-,14-,15-,16-,17+,19-,20+/m1/s1. The molecule has 4 aliphatic carbocycles. The number of hydrogen-bond donors (Lipinski definition) is 0. The second-order valence-electron chi connectivity index (χ2n) is 8.29.